The minimum atomic E-state index is 0.0707. The van der Waals surface area contributed by atoms with Gasteiger partial charge in [-0.2, -0.15) is 0 Å². The van der Waals surface area contributed by atoms with E-state index in [1.54, 1.807) is 6.92 Å². The molecule has 1 N–H and O–H groups in total. The van der Waals surface area contributed by atoms with Crippen LogP contribution in [-0.2, 0) is 6.54 Å². The Hall–Kier alpha value is -1.80. The first-order valence-corrected chi connectivity index (χ1v) is 6.12. The van der Waals surface area contributed by atoms with Crippen LogP contribution in [0.3, 0.4) is 0 Å². The van der Waals surface area contributed by atoms with Crippen molar-refractivity contribution in [3.63, 3.8) is 0 Å². The average molecular weight is 260 g/mol. The van der Waals surface area contributed by atoms with Crippen molar-refractivity contribution in [2.75, 3.05) is 5.32 Å². The maximum atomic E-state index is 11.3. The van der Waals surface area contributed by atoms with Gasteiger partial charge in [-0.05, 0) is 36.8 Å². The molecule has 92 valence electrons. The molecule has 0 aliphatic carbocycles. The first-order valence-electron chi connectivity index (χ1n) is 5.74. The molecule has 0 aromatic heterocycles. The second-order valence-electron chi connectivity index (χ2n) is 4.12. The topological polar surface area (TPSA) is 29.1 Å². The summed E-state index contributed by atoms with van der Waals surface area (Å²) < 4.78 is 0. The van der Waals surface area contributed by atoms with E-state index in [9.17, 15) is 4.79 Å². The number of Topliss-reactive ketones (excluding diaryl/α,β-unsaturated/α-hetero) is 1. The number of halogens is 1. The fourth-order valence-corrected chi connectivity index (χ4v) is 1.91. The zero-order valence-electron chi connectivity index (χ0n) is 10.1. The Labute approximate surface area is 112 Å². The van der Waals surface area contributed by atoms with Gasteiger partial charge in [-0.1, -0.05) is 35.9 Å². The predicted octanol–water partition coefficient (Wildman–Crippen LogP) is 4.15. The molecule has 2 rings (SSSR count). The number of anilines is 1. The highest BCUT2D eigenvalue weighted by Gasteiger charge is 2.00. The van der Waals surface area contributed by atoms with E-state index >= 15 is 0 Å². The highest BCUT2D eigenvalue weighted by atomic mass is 35.5. The Bertz CT molecular complexity index is 566. The van der Waals surface area contributed by atoms with Gasteiger partial charge in [0, 0.05) is 22.8 Å². The first-order chi connectivity index (χ1) is 8.65. The number of nitrogens with one attached hydrogen (secondary N) is 1. The minimum absolute atomic E-state index is 0.0707. The molecule has 0 bridgehead atoms. The summed E-state index contributed by atoms with van der Waals surface area (Å²) >= 11 is 5.92. The smallest absolute Gasteiger partial charge is 0.159 e. The van der Waals surface area contributed by atoms with Crippen molar-refractivity contribution in [3.05, 3.63) is 64.7 Å². The minimum Gasteiger partial charge on any atom is -0.381 e. The molecule has 0 fully saturated rings. The predicted molar refractivity (Wildman–Crippen MR) is 75.2 cm³/mol. The van der Waals surface area contributed by atoms with E-state index in [4.69, 9.17) is 11.6 Å². The van der Waals surface area contributed by atoms with Crippen LogP contribution < -0.4 is 5.32 Å². The zero-order chi connectivity index (χ0) is 13.0. The molecule has 0 aliphatic heterocycles. The van der Waals surface area contributed by atoms with Crippen molar-refractivity contribution in [1.82, 2.24) is 0 Å². The fraction of sp³-hybridized carbons (Fsp3) is 0.133. The number of rotatable bonds is 4. The monoisotopic (exact) mass is 259 g/mol. The molecule has 0 atom stereocenters. The molecule has 18 heavy (non-hydrogen) atoms. The second kappa shape index (κ2) is 5.69. The number of carbonyl (C=O) groups excluding carboxylic acids is 1. The molecule has 0 aliphatic rings. The lowest BCUT2D eigenvalue weighted by Crippen LogP contribution is -2.00. The van der Waals surface area contributed by atoms with Gasteiger partial charge < -0.3 is 5.32 Å². The van der Waals surface area contributed by atoms with Crippen LogP contribution in [0, 0.1) is 0 Å². The lowest BCUT2D eigenvalue weighted by Gasteiger charge is -2.07. The number of ketones is 1. The molecule has 2 nitrogen and oxygen atoms in total. The summed E-state index contributed by atoms with van der Waals surface area (Å²) in [7, 11) is 0. The van der Waals surface area contributed by atoms with Crippen LogP contribution in [0.5, 0.6) is 0 Å². The standard InChI is InChI=1S/C15H14ClNO/c1-11(18)13-5-3-7-15(9-13)17-10-12-4-2-6-14(16)8-12/h2-9,17H,10H2,1H3. The van der Waals surface area contributed by atoms with Crippen molar-refractivity contribution < 1.29 is 4.79 Å². The van der Waals surface area contributed by atoms with Crippen LogP contribution in [-0.4, -0.2) is 5.78 Å². The molecule has 2 aromatic rings. The number of carbonyl (C=O) groups is 1. The summed E-state index contributed by atoms with van der Waals surface area (Å²) in [5, 5.41) is 4.00. The van der Waals surface area contributed by atoms with Crippen molar-refractivity contribution in [1.29, 1.82) is 0 Å². The summed E-state index contributed by atoms with van der Waals surface area (Å²) in [4.78, 5) is 11.3. The Morgan fingerprint density at radius 3 is 2.67 bits per heavy atom. The molecule has 3 heteroatoms. The lowest BCUT2D eigenvalue weighted by atomic mass is 10.1. The van der Waals surface area contributed by atoms with Gasteiger partial charge in [0.15, 0.2) is 5.78 Å². The van der Waals surface area contributed by atoms with Gasteiger partial charge in [-0.3, -0.25) is 4.79 Å². The van der Waals surface area contributed by atoms with Crippen LogP contribution in [0.1, 0.15) is 22.8 Å². The van der Waals surface area contributed by atoms with Gasteiger partial charge >= 0.3 is 0 Å². The third-order valence-corrected chi connectivity index (χ3v) is 2.89. The zero-order valence-corrected chi connectivity index (χ0v) is 10.9. The molecular weight excluding hydrogens is 246 g/mol. The van der Waals surface area contributed by atoms with Gasteiger partial charge in [0.1, 0.15) is 0 Å². The molecule has 0 saturated heterocycles. The van der Waals surface area contributed by atoms with Crippen LogP contribution in [0.25, 0.3) is 0 Å². The Morgan fingerprint density at radius 2 is 1.94 bits per heavy atom. The van der Waals surface area contributed by atoms with Gasteiger partial charge in [0.25, 0.3) is 0 Å². The molecule has 0 amide bonds. The Balaban J connectivity index is 2.06. The second-order valence-corrected chi connectivity index (χ2v) is 4.56. The van der Waals surface area contributed by atoms with Crippen molar-refractivity contribution in [3.8, 4) is 0 Å². The Morgan fingerprint density at radius 1 is 1.17 bits per heavy atom. The van der Waals surface area contributed by atoms with Gasteiger partial charge in [0.05, 0.1) is 0 Å². The fourth-order valence-electron chi connectivity index (χ4n) is 1.70. The molecule has 0 saturated carbocycles. The SMILES string of the molecule is CC(=O)c1cccc(NCc2cccc(Cl)c2)c1. The van der Waals surface area contributed by atoms with E-state index in [0.29, 0.717) is 12.1 Å². The van der Waals surface area contributed by atoms with Crippen LogP contribution in [0.15, 0.2) is 48.5 Å². The quantitative estimate of drug-likeness (QED) is 0.836. The van der Waals surface area contributed by atoms with E-state index in [1.165, 1.54) is 0 Å². The van der Waals surface area contributed by atoms with E-state index in [0.717, 1.165) is 16.3 Å². The van der Waals surface area contributed by atoms with Crippen LogP contribution >= 0.6 is 11.6 Å². The highest BCUT2D eigenvalue weighted by molar-refractivity contribution is 6.30. The van der Waals surface area contributed by atoms with Crippen molar-refractivity contribution >= 4 is 23.1 Å². The van der Waals surface area contributed by atoms with Crippen molar-refractivity contribution in [2.45, 2.75) is 13.5 Å². The van der Waals surface area contributed by atoms with Crippen LogP contribution in [0.4, 0.5) is 5.69 Å². The first kappa shape index (κ1) is 12.7. The summed E-state index contributed by atoms with van der Waals surface area (Å²) in [5.74, 6) is 0.0707. The van der Waals surface area contributed by atoms with E-state index < -0.39 is 0 Å². The van der Waals surface area contributed by atoms with Crippen LogP contribution in [0.2, 0.25) is 5.02 Å². The van der Waals surface area contributed by atoms with E-state index in [-0.39, 0.29) is 5.78 Å². The maximum absolute atomic E-state index is 11.3. The molecule has 0 unspecified atom stereocenters. The van der Waals surface area contributed by atoms with E-state index in [2.05, 4.69) is 5.32 Å². The third-order valence-electron chi connectivity index (χ3n) is 2.65. The molecule has 0 spiro atoms. The summed E-state index contributed by atoms with van der Waals surface area (Å²) in [6.45, 7) is 2.25. The Kier molecular flexibility index (Phi) is 4.00. The highest BCUT2D eigenvalue weighted by Crippen LogP contribution is 2.15. The average Bonchev–Trinajstić information content (AvgIpc) is 2.37. The summed E-state index contributed by atoms with van der Waals surface area (Å²) in [5.41, 5.74) is 2.75. The molecule has 0 heterocycles. The molecule has 0 radical (unpaired) electrons. The molecule has 2 aromatic carbocycles. The maximum Gasteiger partial charge on any atom is 0.159 e. The normalized spacial score (nSPS) is 10.1. The van der Waals surface area contributed by atoms with E-state index in [1.807, 2.05) is 48.5 Å². The third kappa shape index (κ3) is 3.34. The molecular formula is C15H14ClNO. The largest absolute Gasteiger partial charge is 0.381 e. The number of hydrogen-bond acceptors (Lipinski definition) is 2. The summed E-state index contributed by atoms with van der Waals surface area (Å²) in [6.07, 6.45) is 0. The summed E-state index contributed by atoms with van der Waals surface area (Å²) in [6, 6.07) is 15.2. The number of benzene rings is 2. The van der Waals surface area contributed by atoms with Gasteiger partial charge in [0.2, 0.25) is 0 Å². The number of hydrogen-bond donors (Lipinski definition) is 1. The lowest BCUT2D eigenvalue weighted by molar-refractivity contribution is 0.101. The van der Waals surface area contributed by atoms with Gasteiger partial charge in [-0.15, -0.1) is 0 Å². The van der Waals surface area contributed by atoms with Crippen molar-refractivity contribution in [2.24, 2.45) is 0 Å². The van der Waals surface area contributed by atoms with Gasteiger partial charge in [-0.25, -0.2) is 0 Å².